The van der Waals surface area contributed by atoms with Crippen LogP contribution in [0.15, 0.2) is 0 Å². The minimum atomic E-state index is -0.235. The minimum Gasteiger partial charge on any atom is -0.393 e. The highest BCUT2D eigenvalue weighted by molar-refractivity contribution is 5.78. The van der Waals surface area contributed by atoms with Gasteiger partial charge in [-0.05, 0) is 221 Å². The Morgan fingerprint density at radius 3 is 1.25 bits per heavy atom. The van der Waals surface area contributed by atoms with Crippen LogP contribution in [0.2, 0.25) is 0 Å². The Morgan fingerprint density at radius 2 is 0.847 bits per heavy atom. The van der Waals surface area contributed by atoms with Crippen molar-refractivity contribution >= 4 is 11.6 Å². The maximum atomic E-state index is 13.1. The third-order valence-electron chi connectivity index (χ3n) is 22.0. The SMILES string of the molecule is C[C@H](CCC(=O)CCCCCC(=O)CC[C@@H](C)[C@H]1CCC2[C@@H]3[C@@H](O)CC4C[C@H](O)CC[C@]4(C)[C@H]3CC[C@@]21C)[C@H]1CCC2[C@@H]3[C@@H](O)CC4C[C@H](O)CC[C@]4(C)[C@H]3CC[C@@]21C. The Hall–Kier alpha value is -0.820. The van der Waals surface area contributed by atoms with Crippen molar-refractivity contribution in [2.45, 2.75) is 226 Å². The summed E-state index contributed by atoms with van der Waals surface area (Å²) in [5.41, 5.74) is 1.03. The summed E-state index contributed by atoms with van der Waals surface area (Å²) in [5.74, 6) is 7.10. The lowest BCUT2D eigenvalue weighted by atomic mass is 9.43. The van der Waals surface area contributed by atoms with E-state index < -0.39 is 0 Å². The van der Waals surface area contributed by atoms with E-state index in [0.717, 1.165) is 83.5 Å². The number of unbranched alkanes of at least 4 members (excludes halogenated alkanes) is 2. The number of rotatable bonds is 14. The molecule has 8 saturated carbocycles. The molecule has 6 heteroatoms. The summed E-state index contributed by atoms with van der Waals surface area (Å²) >= 11 is 0. The van der Waals surface area contributed by atoms with Crippen molar-refractivity contribution in [1.29, 1.82) is 0 Å². The van der Waals surface area contributed by atoms with E-state index in [2.05, 4.69) is 41.5 Å². The Balaban J connectivity index is 0.728. The molecule has 0 spiro atoms. The van der Waals surface area contributed by atoms with Gasteiger partial charge in [-0.25, -0.2) is 0 Å². The maximum absolute atomic E-state index is 13.1. The van der Waals surface area contributed by atoms with Gasteiger partial charge in [0.2, 0.25) is 0 Å². The highest BCUT2D eigenvalue weighted by atomic mass is 16.3. The number of hydrogen-bond acceptors (Lipinski definition) is 6. The lowest BCUT2D eigenvalue weighted by Gasteiger charge is -2.62. The third kappa shape index (κ3) is 8.04. The van der Waals surface area contributed by atoms with Crippen LogP contribution in [0.5, 0.6) is 0 Å². The number of aliphatic hydroxyl groups is 4. The van der Waals surface area contributed by atoms with Gasteiger partial charge in [-0.3, -0.25) is 9.59 Å². The second kappa shape index (κ2) is 17.3. The lowest BCUT2D eigenvalue weighted by molar-refractivity contribution is -0.174. The van der Waals surface area contributed by atoms with E-state index in [1.807, 2.05) is 0 Å². The van der Waals surface area contributed by atoms with Crippen molar-refractivity contribution in [1.82, 2.24) is 0 Å². The largest absolute Gasteiger partial charge is 0.393 e. The van der Waals surface area contributed by atoms with Crippen LogP contribution in [0, 0.1) is 92.7 Å². The fourth-order valence-corrected chi connectivity index (χ4v) is 18.6. The molecule has 0 bridgehead atoms. The summed E-state index contributed by atoms with van der Waals surface area (Å²) in [4.78, 5) is 26.2. The van der Waals surface area contributed by atoms with Crippen molar-refractivity contribution in [3.8, 4) is 0 Å². The Morgan fingerprint density at radius 1 is 0.475 bits per heavy atom. The molecule has 4 N–H and O–H groups in total. The second-order valence-corrected chi connectivity index (χ2v) is 24.6. The van der Waals surface area contributed by atoms with E-state index >= 15 is 0 Å². The highest BCUT2D eigenvalue weighted by Gasteiger charge is 2.64. The van der Waals surface area contributed by atoms with Gasteiger partial charge in [-0.15, -0.1) is 0 Å². The first kappa shape index (κ1) is 44.8. The quantitative estimate of drug-likeness (QED) is 0.130. The summed E-state index contributed by atoms with van der Waals surface area (Å²) in [6, 6.07) is 0. The third-order valence-corrected chi connectivity index (χ3v) is 22.0. The average Bonchev–Trinajstić information content (AvgIpc) is 3.74. The Kier molecular flexibility index (Phi) is 13.1. The van der Waals surface area contributed by atoms with Crippen molar-refractivity contribution in [2.24, 2.45) is 92.7 Å². The molecule has 6 nitrogen and oxygen atoms in total. The first-order chi connectivity index (χ1) is 28.0. The molecule has 0 aromatic rings. The van der Waals surface area contributed by atoms with Crippen molar-refractivity contribution < 1.29 is 30.0 Å². The van der Waals surface area contributed by atoms with Crippen LogP contribution in [0.1, 0.15) is 202 Å². The van der Waals surface area contributed by atoms with E-state index in [4.69, 9.17) is 0 Å². The number of fused-ring (bicyclic) bond motifs is 10. The standard InChI is InChI=1S/C53H88O6/c1-32(40-16-18-42-48-44(22-26-52(40,42)5)50(3)24-20-38(56)28-34(50)30-46(48)58)12-14-36(54)10-8-7-9-11-37(55)15-13-33(2)41-17-19-43-49-45(23-27-53(41,43)6)51(4)25-21-39(57)29-35(51)31-47(49)59/h32-35,38-49,56-59H,7-31H2,1-6H3/t32-,33-,34?,35?,38-,39-,40-,41-,42?,43?,44+,45+,46+,47+,48+,49+,50+,51+,52-,53-/m1/s1. The van der Waals surface area contributed by atoms with E-state index in [1.54, 1.807) is 0 Å². The smallest absolute Gasteiger partial charge is 0.132 e. The number of carbonyl (C=O) groups excluding carboxylic acids is 2. The van der Waals surface area contributed by atoms with Crippen molar-refractivity contribution in [3.63, 3.8) is 0 Å². The molecule has 0 amide bonds. The first-order valence-electron chi connectivity index (χ1n) is 25.7. The van der Waals surface area contributed by atoms with Crippen LogP contribution in [-0.4, -0.2) is 56.4 Å². The van der Waals surface area contributed by atoms with Crippen molar-refractivity contribution in [3.05, 3.63) is 0 Å². The van der Waals surface area contributed by atoms with Crippen LogP contribution < -0.4 is 0 Å². The van der Waals surface area contributed by atoms with Crippen LogP contribution in [0.3, 0.4) is 0 Å². The Bertz CT molecular complexity index is 1390. The molecule has 8 rings (SSSR count). The van der Waals surface area contributed by atoms with E-state index in [0.29, 0.717) is 108 Å². The molecule has 8 aliphatic carbocycles. The van der Waals surface area contributed by atoms with E-state index in [9.17, 15) is 30.0 Å². The number of aliphatic hydroxyl groups excluding tert-OH is 4. The van der Waals surface area contributed by atoms with Gasteiger partial charge in [0.25, 0.3) is 0 Å². The van der Waals surface area contributed by atoms with Gasteiger partial charge in [-0.1, -0.05) is 48.0 Å². The fourth-order valence-electron chi connectivity index (χ4n) is 18.6. The van der Waals surface area contributed by atoms with E-state index in [-0.39, 0.29) is 46.1 Å². The molecular formula is C53H88O6. The second-order valence-electron chi connectivity index (χ2n) is 24.6. The summed E-state index contributed by atoms with van der Waals surface area (Å²) in [5, 5.41) is 44.1. The molecule has 0 radical (unpaired) electrons. The summed E-state index contributed by atoms with van der Waals surface area (Å²) in [7, 11) is 0. The normalized spacial score (nSPS) is 50.0. The molecule has 336 valence electrons. The zero-order valence-electron chi connectivity index (χ0n) is 38.5. The van der Waals surface area contributed by atoms with Gasteiger partial charge in [0.15, 0.2) is 0 Å². The molecule has 20 atom stereocenters. The lowest BCUT2D eigenvalue weighted by Crippen LogP contribution is -2.58. The molecular weight excluding hydrogens is 733 g/mol. The van der Waals surface area contributed by atoms with Gasteiger partial charge < -0.3 is 20.4 Å². The molecule has 0 heterocycles. The summed E-state index contributed by atoms with van der Waals surface area (Å²) in [6.45, 7) is 14.9. The monoisotopic (exact) mass is 821 g/mol. The molecule has 4 unspecified atom stereocenters. The maximum Gasteiger partial charge on any atom is 0.132 e. The van der Waals surface area contributed by atoms with Gasteiger partial charge in [0, 0.05) is 25.7 Å². The van der Waals surface area contributed by atoms with Crippen LogP contribution in [-0.2, 0) is 9.59 Å². The predicted octanol–water partition coefficient (Wildman–Crippen LogP) is 10.9. The van der Waals surface area contributed by atoms with Gasteiger partial charge in [-0.2, -0.15) is 0 Å². The van der Waals surface area contributed by atoms with Gasteiger partial charge >= 0.3 is 0 Å². The molecule has 59 heavy (non-hydrogen) atoms. The molecule has 8 fully saturated rings. The fraction of sp³-hybridized carbons (Fsp3) is 0.962. The predicted molar refractivity (Wildman–Crippen MR) is 235 cm³/mol. The number of carbonyl (C=O) groups is 2. The Labute approximate surface area is 359 Å². The first-order valence-corrected chi connectivity index (χ1v) is 25.7. The minimum absolute atomic E-state index is 0.190. The highest BCUT2D eigenvalue weighted by Crippen LogP contribution is 2.70. The number of Topliss-reactive ketones (excluding diaryl/α,β-unsaturated/α-hetero) is 2. The average molecular weight is 821 g/mol. The topological polar surface area (TPSA) is 115 Å². The molecule has 8 aliphatic rings. The van der Waals surface area contributed by atoms with E-state index in [1.165, 1.54) is 51.4 Å². The number of hydrogen-bond donors (Lipinski definition) is 4. The van der Waals surface area contributed by atoms with Crippen LogP contribution in [0.25, 0.3) is 0 Å². The molecule has 0 aliphatic heterocycles. The molecule has 0 saturated heterocycles. The van der Waals surface area contributed by atoms with Crippen LogP contribution >= 0.6 is 0 Å². The van der Waals surface area contributed by atoms with Gasteiger partial charge in [0.1, 0.15) is 11.6 Å². The molecule has 0 aromatic heterocycles. The van der Waals surface area contributed by atoms with Crippen LogP contribution in [0.4, 0.5) is 0 Å². The zero-order valence-corrected chi connectivity index (χ0v) is 38.5. The summed E-state index contributed by atoms with van der Waals surface area (Å²) in [6.07, 6.45) is 23.9. The number of ketones is 2. The molecule has 0 aromatic carbocycles. The zero-order chi connectivity index (χ0) is 42.1. The summed E-state index contributed by atoms with van der Waals surface area (Å²) < 4.78 is 0. The van der Waals surface area contributed by atoms with Gasteiger partial charge in [0.05, 0.1) is 24.4 Å². The van der Waals surface area contributed by atoms with Crippen molar-refractivity contribution in [2.75, 3.05) is 0 Å².